The summed E-state index contributed by atoms with van der Waals surface area (Å²) < 4.78 is 17.5. The summed E-state index contributed by atoms with van der Waals surface area (Å²) in [5.74, 6) is 0. The van der Waals surface area contributed by atoms with Crippen LogP contribution in [0.15, 0.2) is 0 Å². The van der Waals surface area contributed by atoms with Gasteiger partial charge < -0.3 is 19.0 Å². The Hall–Kier alpha value is 0.0569. The molecule has 4 nitrogen and oxygen atoms in total. The zero-order chi connectivity index (χ0) is 16.7. The normalized spacial score (nSPS) is 14.0. The topological polar surface area (TPSA) is 47.9 Å². The summed E-state index contributed by atoms with van der Waals surface area (Å²) >= 11 is 0. The number of unbranched alkanes of at least 4 members (excludes halogenated alkanes) is 6. The molecule has 0 rings (SSSR count). The van der Waals surface area contributed by atoms with Crippen molar-refractivity contribution in [1.82, 2.24) is 0 Å². The summed E-state index contributed by atoms with van der Waals surface area (Å²) in [6.45, 7) is 9.80. The van der Waals surface area contributed by atoms with Crippen LogP contribution in [-0.2, 0) is 14.2 Å². The average molecular weight is 335 g/mol. The zero-order valence-electron chi connectivity index (χ0n) is 15.2. The van der Waals surface area contributed by atoms with Gasteiger partial charge in [0.1, 0.15) is 6.10 Å². The van der Waals surface area contributed by atoms with E-state index in [4.69, 9.17) is 14.2 Å². The molecular formula is C17H38O4Si. The van der Waals surface area contributed by atoms with E-state index in [1.165, 1.54) is 38.5 Å². The predicted octanol–water partition coefficient (Wildman–Crippen LogP) is 3.34. The Morgan fingerprint density at radius 1 is 0.818 bits per heavy atom. The first-order valence-corrected chi connectivity index (χ1v) is 10.5. The van der Waals surface area contributed by atoms with Gasteiger partial charge in [0, 0.05) is 19.8 Å². The molecule has 0 aromatic carbocycles. The van der Waals surface area contributed by atoms with E-state index >= 15 is 0 Å². The van der Waals surface area contributed by atoms with Gasteiger partial charge in [0.15, 0.2) is 5.41 Å². The molecule has 0 amide bonds. The van der Waals surface area contributed by atoms with Crippen molar-refractivity contribution < 1.29 is 19.0 Å². The maximum atomic E-state index is 9.94. The van der Waals surface area contributed by atoms with Crippen LogP contribution in [0.4, 0.5) is 0 Å². The van der Waals surface area contributed by atoms with Crippen LogP contribution in [0.5, 0.6) is 0 Å². The molecule has 0 spiro atoms. The van der Waals surface area contributed by atoms with Crippen molar-refractivity contribution >= 4 is 9.76 Å². The van der Waals surface area contributed by atoms with Crippen LogP contribution >= 0.6 is 0 Å². The lowest BCUT2D eigenvalue weighted by Gasteiger charge is -2.38. The molecule has 0 saturated carbocycles. The Morgan fingerprint density at radius 3 is 1.82 bits per heavy atom. The van der Waals surface area contributed by atoms with Gasteiger partial charge in [-0.05, 0) is 27.2 Å². The smallest absolute Gasteiger partial charge is 0.226 e. The van der Waals surface area contributed by atoms with Crippen molar-refractivity contribution in [2.45, 2.75) is 90.6 Å². The largest absolute Gasteiger partial charge is 0.432 e. The first kappa shape index (κ1) is 22.1. The molecule has 0 aromatic heterocycles. The molecule has 134 valence electrons. The maximum Gasteiger partial charge on any atom is 0.226 e. The van der Waals surface area contributed by atoms with Gasteiger partial charge in [-0.1, -0.05) is 51.9 Å². The Kier molecular flexibility index (Phi) is 14.7. The SMILES string of the molecule is CCCCCCCCCC(OCC)C(OCC)(OCC)[SiH2]O. The van der Waals surface area contributed by atoms with Crippen molar-refractivity contribution in [2.75, 3.05) is 19.8 Å². The molecule has 0 aliphatic heterocycles. The number of rotatable bonds is 16. The van der Waals surface area contributed by atoms with Crippen molar-refractivity contribution in [3.63, 3.8) is 0 Å². The number of hydrogen-bond donors (Lipinski definition) is 1. The van der Waals surface area contributed by atoms with E-state index in [1.807, 2.05) is 20.8 Å². The predicted molar refractivity (Wildman–Crippen MR) is 94.8 cm³/mol. The zero-order valence-corrected chi connectivity index (χ0v) is 16.6. The van der Waals surface area contributed by atoms with Crippen molar-refractivity contribution in [1.29, 1.82) is 0 Å². The van der Waals surface area contributed by atoms with Crippen molar-refractivity contribution in [3.05, 3.63) is 0 Å². The summed E-state index contributed by atoms with van der Waals surface area (Å²) in [6.07, 6.45) is 9.65. The monoisotopic (exact) mass is 334 g/mol. The fraction of sp³-hybridized carbons (Fsp3) is 1.00. The van der Waals surface area contributed by atoms with Crippen LogP contribution in [0.2, 0.25) is 0 Å². The lowest BCUT2D eigenvalue weighted by molar-refractivity contribution is -0.243. The Bertz CT molecular complexity index is 233. The fourth-order valence-electron chi connectivity index (χ4n) is 2.83. The van der Waals surface area contributed by atoms with E-state index < -0.39 is 15.2 Å². The molecule has 1 unspecified atom stereocenters. The second-order valence-corrected chi connectivity index (χ2v) is 6.99. The second-order valence-electron chi connectivity index (χ2n) is 5.69. The summed E-state index contributed by atoms with van der Waals surface area (Å²) in [7, 11) is -1.49. The molecule has 0 radical (unpaired) electrons. The van der Waals surface area contributed by atoms with E-state index in [2.05, 4.69) is 6.92 Å². The molecule has 0 aliphatic rings. The lowest BCUT2D eigenvalue weighted by Crippen LogP contribution is -2.54. The minimum absolute atomic E-state index is 0.148. The number of ether oxygens (including phenoxy) is 3. The minimum Gasteiger partial charge on any atom is -0.432 e. The maximum absolute atomic E-state index is 9.94. The van der Waals surface area contributed by atoms with Crippen molar-refractivity contribution in [2.24, 2.45) is 0 Å². The first-order chi connectivity index (χ1) is 10.7. The minimum atomic E-state index is -1.49. The van der Waals surface area contributed by atoms with Gasteiger partial charge in [-0.25, -0.2) is 0 Å². The third kappa shape index (κ3) is 8.63. The third-order valence-corrected chi connectivity index (χ3v) is 5.23. The van der Waals surface area contributed by atoms with Crippen LogP contribution < -0.4 is 0 Å². The molecule has 0 saturated heterocycles. The standard InChI is InChI=1S/C17H38O4Si/c1-5-9-10-11-12-13-14-15-16(19-6-2)17(22-18,20-7-3)21-8-4/h16,18H,5-15,22H2,1-4H3. The molecule has 0 aliphatic carbocycles. The highest BCUT2D eigenvalue weighted by molar-refractivity contribution is 6.29. The molecule has 0 aromatic rings. The Balaban J connectivity index is 4.34. The Morgan fingerprint density at radius 2 is 1.36 bits per heavy atom. The van der Waals surface area contributed by atoms with E-state index in [0.717, 1.165) is 12.8 Å². The van der Waals surface area contributed by atoms with Crippen LogP contribution in [0.1, 0.15) is 79.1 Å². The molecule has 22 heavy (non-hydrogen) atoms. The van der Waals surface area contributed by atoms with E-state index in [9.17, 15) is 4.80 Å². The van der Waals surface area contributed by atoms with Gasteiger partial charge in [0.05, 0.1) is 0 Å². The van der Waals surface area contributed by atoms with Gasteiger partial charge in [0.2, 0.25) is 9.76 Å². The third-order valence-electron chi connectivity index (χ3n) is 3.93. The average Bonchev–Trinajstić information content (AvgIpc) is 2.52. The molecule has 5 heteroatoms. The van der Waals surface area contributed by atoms with Gasteiger partial charge >= 0.3 is 0 Å². The highest BCUT2D eigenvalue weighted by Gasteiger charge is 2.41. The van der Waals surface area contributed by atoms with Crippen LogP contribution in [-0.4, -0.2) is 45.9 Å². The fourth-order valence-corrected chi connectivity index (χ4v) is 3.94. The van der Waals surface area contributed by atoms with Gasteiger partial charge in [-0.2, -0.15) is 0 Å². The van der Waals surface area contributed by atoms with E-state index in [-0.39, 0.29) is 6.10 Å². The molecule has 1 N–H and O–H groups in total. The second kappa shape index (κ2) is 14.6. The van der Waals surface area contributed by atoms with Gasteiger partial charge in [-0.3, -0.25) is 0 Å². The number of hydrogen-bond acceptors (Lipinski definition) is 4. The molecule has 0 fully saturated rings. The van der Waals surface area contributed by atoms with Crippen LogP contribution in [0, 0.1) is 0 Å². The Labute approximate surface area is 139 Å². The van der Waals surface area contributed by atoms with Crippen molar-refractivity contribution in [3.8, 4) is 0 Å². The summed E-state index contributed by atoms with van der Waals surface area (Å²) in [6, 6.07) is 0. The molecule has 1 atom stereocenters. The lowest BCUT2D eigenvalue weighted by atomic mass is 10.1. The highest BCUT2D eigenvalue weighted by Crippen LogP contribution is 2.25. The van der Waals surface area contributed by atoms with E-state index in [1.54, 1.807) is 0 Å². The van der Waals surface area contributed by atoms with Crippen LogP contribution in [0.3, 0.4) is 0 Å². The van der Waals surface area contributed by atoms with Gasteiger partial charge in [-0.15, -0.1) is 0 Å². The quantitative estimate of drug-likeness (QED) is 0.267. The summed E-state index contributed by atoms with van der Waals surface area (Å²) in [5, 5.41) is 0. The summed E-state index contributed by atoms with van der Waals surface area (Å²) in [5.41, 5.74) is -0.873. The molecule has 0 heterocycles. The van der Waals surface area contributed by atoms with Crippen LogP contribution in [0.25, 0.3) is 0 Å². The highest BCUT2D eigenvalue weighted by atomic mass is 28.2. The first-order valence-electron chi connectivity index (χ1n) is 9.21. The van der Waals surface area contributed by atoms with E-state index in [0.29, 0.717) is 19.8 Å². The summed E-state index contributed by atoms with van der Waals surface area (Å²) in [4.78, 5) is 9.94. The van der Waals surface area contributed by atoms with Gasteiger partial charge in [0.25, 0.3) is 0 Å². The molecular weight excluding hydrogens is 296 g/mol. The molecule has 0 bridgehead atoms.